The molecule has 0 aliphatic carbocycles. The number of hydrazone groups is 1. The second-order valence-corrected chi connectivity index (χ2v) is 2.87. The SMILES string of the molecule is C#CCN/N=C/Cc1ccccc1OC. The lowest BCUT2D eigenvalue weighted by atomic mass is 10.1. The average molecular weight is 202 g/mol. The summed E-state index contributed by atoms with van der Waals surface area (Å²) in [5, 5.41) is 3.96. The highest BCUT2D eigenvalue weighted by Crippen LogP contribution is 2.16. The molecule has 0 saturated heterocycles. The molecule has 1 aromatic rings. The van der Waals surface area contributed by atoms with E-state index in [0.717, 1.165) is 17.7 Å². The summed E-state index contributed by atoms with van der Waals surface area (Å²) in [6.45, 7) is 0.447. The van der Waals surface area contributed by atoms with Crippen molar-refractivity contribution in [3.63, 3.8) is 0 Å². The molecule has 3 heteroatoms. The van der Waals surface area contributed by atoms with Crippen LogP contribution in [0.15, 0.2) is 29.4 Å². The summed E-state index contributed by atoms with van der Waals surface area (Å²) in [5.41, 5.74) is 3.84. The minimum Gasteiger partial charge on any atom is -0.496 e. The first-order valence-electron chi connectivity index (χ1n) is 4.68. The number of hydrogen-bond acceptors (Lipinski definition) is 3. The summed E-state index contributed by atoms with van der Waals surface area (Å²) >= 11 is 0. The lowest BCUT2D eigenvalue weighted by molar-refractivity contribution is 0.411. The molecule has 0 atom stereocenters. The third-order valence-corrected chi connectivity index (χ3v) is 1.87. The summed E-state index contributed by atoms with van der Waals surface area (Å²) in [5.74, 6) is 3.32. The third kappa shape index (κ3) is 3.74. The van der Waals surface area contributed by atoms with Crippen LogP contribution >= 0.6 is 0 Å². The number of benzene rings is 1. The largest absolute Gasteiger partial charge is 0.496 e. The summed E-state index contributed by atoms with van der Waals surface area (Å²) < 4.78 is 5.21. The van der Waals surface area contributed by atoms with Gasteiger partial charge in [0.15, 0.2) is 0 Å². The van der Waals surface area contributed by atoms with Crippen molar-refractivity contribution in [1.29, 1.82) is 0 Å². The van der Waals surface area contributed by atoms with Crippen molar-refractivity contribution in [2.75, 3.05) is 13.7 Å². The molecule has 3 nitrogen and oxygen atoms in total. The molecular weight excluding hydrogens is 188 g/mol. The Bertz CT molecular complexity index is 366. The highest BCUT2D eigenvalue weighted by atomic mass is 16.5. The Kier molecular flexibility index (Phi) is 4.82. The van der Waals surface area contributed by atoms with Gasteiger partial charge >= 0.3 is 0 Å². The van der Waals surface area contributed by atoms with Crippen LogP contribution in [0.25, 0.3) is 0 Å². The van der Waals surface area contributed by atoms with Crippen molar-refractivity contribution in [2.45, 2.75) is 6.42 Å². The maximum Gasteiger partial charge on any atom is 0.122 e. The van der Waals surface area contributed by atoms with Crippen molar-refractivity contribution < 1.29 is 4.74 Å². The van der Waals surface area contributed by atoms with E-state index in [-0.39, 0.29) is 0 Å². The predicted molar refractivity (Wildman–Crippen MR) is 62.0 cm³/mol. The zero-order chi connectivity index (χ0) is 10.9. The first-order chi connectivity index (χ1) is 7.38. The number of terminal acetylenes is 1. The van der Waals surface area contributed by atoms with Gasteiger partial charge in [-0.05, 0) is 11.6 Å². The van der Waals surface area contributed by atoms with Crippen LogP contribution in [-0.2, 0) is 6.42 Å². The maximum absolute atomic E-state index is 5.21. The molecule has 0 saturated carbocycles. The summed E-state index contributed by atoms with van der Waals surface area (Å²) in [7, 11) is 1.66. The molecule has 1 N–H and O–H groups in total. The van der Waals surface area contributed by atoms with Crippen LogP contribution in [0.3, 0.4) is 0 Å². The molecule has 15 heavy (non-hydrogen) atoms. The Morgan fingerprint density at radius 3 is 3.07 bits per heavy atom. The van der Waals surface area contributed by atoms with Crippen LogP contribution in [0.5, 0.6) is 5.75 Å². The Morgan fingerprint density at radius 1 is 1.53 bits per heavy atom. The van der Waals surface area contributed by atoms with Crippen molar-refractivity contribution in [1.82, 2.24) is 5.43 Å². The second kappa shape index (κ2) is 6.50. The fourth-order valence-electron chi connectivity index (χ4n) is 1.17. The number of hydrogen-bond donors (Lipinski definition) is 1. The van der Waals surface area contributed by atoms with E-state index in [4.69, 9.17) is 11.2 Å². The van der Waals surface area contributed by atoms with E-state index in [2.05, 4.69) is 16.4 Å². The molecule has 78 valence electrons. The third-order valence-electron chi connectivity index (χ3n) is 1.87. The highest BCUT2D eigenvalue weighted by molar-refractivity contribution is 5.62. The predicted octanol–water partition coefficient (Wildman–Crippen LogP) is 1.45. The van der Waals surface area contributed by atoms with Gasteiger partial charge in [0.05, 0.1) is 13.7 Å². The van der Waals surface area contributed by atoms with Gasteiger partial charge in [0.1, 0.15) is 5.75 Å². The summed E-state index contributed by atoms with van der Waals surface area (Å²) in [6.07, 6.45) is 7.56. The number of nitrogens with zero attached hydrogens (tertiary/aromatic N) is 1. The molecule has 0 bridgehead atoms. The van der Waals surface area contributed by atoms with Crippen LogP contribution < -0.4 is 10.2 Å². The van der Waals surface area contributed by atoms with Crippen molar-refractivity contribution in [3.8, 4) is 18.1 Å². The minimum absolute atomic E-state index is 0.447. The number of rotatable bonds is 5. The van der Waals surface area contributed by atoms with Crippen LogP contribution in [0.2, 0.25) is 0 Å². The molecule has 0 spiro atoms. The Morgan fingerprint density at radius 2 is 2.33 bits per heavy atom. The molecule has 1 aromatic carbocycles. The van der Waals surface area contributed by atoms with Crippen LogP contribution in [0.1, 0.15) is 5.56 Å². The molecule has 0 aliphatic heterocycles. The minimum atomic E-state index is 0.447. The van der Waals surface area contributed by atoms with E-state index in [1.165, 1.54) is 0 Å². The second-order valence-electron chi connectivity index (χ2n) is 2.87. The molecule has 0 aromatic heterocycles. The Labute approximate surface area is 90.1 Å². The van der Waals surface area contributed by atoms with Gasteiger partial charge < -0.3 is 4.74 Å². The first kappa shape index (κ1) is 11.1. The van der Waals surface area contributed by atoms with Gasteiger partial charge in [0, 0.05) is 12.6 Å². The van der Waals surface area contributed by atoms with E-state index in [0.29, 0.717) is 6.54 Å². The fourth-order valence-corrected chi connectivity index (χ4v) is 1.17. The summed E-state index contributed by atoms with van der Waals surface area (Å²) in [6, 6.07) is 7.85. The average Bonchev–Trinajstić information content (AvgIpc) is 2.29. The van der Waals surface area contributed by atoms with Gasteiger partial charge in [-0.2, -0.15) is 5.10 Å². The number of nitrogens with one attached hydrogen (secondary N) is 1. The first-order valence-corrected chi connectivity index (χ1v) is 4.68. The van der Waals surface area contributed by atoms with Gasteiger partial charge in [0.2, 0.25) is 0 Å². The van der Waals surface area contributed by atoms with E-state index < -0.39 is 0 Å². The number of methoxy groups -OCH3 is 1. The molecule has 1 rings (SSSR count). The van der Waals surface area contributed by atoms with Gasteiger partial charge in [-0.3, -0.25) is 5.43 Å². The van der Waals surface area contributed by atoms with Gasteiger partial charge in [-0.1, -0.05) is 24.1 Å². The maximum atomic E-state index is 5.21. The van der Waals surface area contributed by atoms with Crippen LogP contribution in [0, 0.1) is 12.3 Å². The normalized spacial score (nSPS) is 9.87. The molecule has 0 aliphatic rings. The smallest absolute Gasteiger partial charge is 0.122 e. The number of para-hydroxylation sites is 1. The van der Waals surface area contributed by atoms with Gasteiger partial charge in [-0.15, -0.1) is 6.42 Å². The summed E-state index contributed by atoms with van der Waals surface area (Å²) in [4.78, 5) is 0. The molecule has 0 amide bonds. The standard InChI is InChI=1S/C12H14N2O/c1-3-9-13-14-10-8-11-6-4-5-7-12(11)15-2/h1,4-7,10,13H,8-9H2,2H3/b14-10+. The van der Waals surface area contributed by atoms with E-state index >= 15 is 0 Å². The van der Waals surface area contributed by atoms with E-state index in [9.17, 15) is 0 Å². The zero-order valence-electron chi connectivity index (χ0n) is 8.73. The van der Waals surface area contributed by atoms with Crippen molar-refractivity contribution >= 4 is 6.21 Å². The lowest BCUT2D eigenvalue weighted by Gasteiger charge is -2.04. The van der Waals surface area contributed by atoms with Crippen LogP contribution in [0.4, 0.5) is 0 Å². The molecule has 0 radical (unpaired) electrons. The highest BCUT2D eigenvalue weighted by Gasteiger charge is 1.98. The molecule has 0 fully saturated rings. The molecule has 0 heterocycles. The lowest BCUT2D eigenvalue weighted by Crippen LogP contribution is -2.05. The van der Waals surface area contributed by atoms with Crippen molar-refractivity contribution in [3.05, 3.63) is 29.8 Å². The van der Waals surface area contributed by atoms with E-state index in [1.54, 1.807) is 13.3 Å². The monoisotopic (exact) mass is 202 g/mol. The fraction of sp³-hybridized carbons (Fsp3) is 0.250. The topological polar surface area (TPSA) is 33.6 Å². The van der Waals surface area contributed by atoms with Gasteiger partial charge in [-0.25, -0.2) is 0 Å². The number of ether oxygens (including phenoxy) is 1. The van der Waals surface area contributed by atoms with Crippen molar-refractivity contribution in [2.24, 2.45) is 5.10 Å². The molecular formula is C12H14N2O. The molecule has 0 unspecified atom stereocenters. The van der Waals surface area contributed by atoms with E-state index in [1.807, 2.05) is 24.3 Å². The van der Waals surface area contributed by atoms with Gasteiger partial charge in [0.25, 0.3) is 0 Å². The Balaban J connectivity index is 2.50. The van der Waals surface area contributed by atoms with Crippen LogP contribution in [-0.4, -0.2) is 19.9 Å². The quantitative estimate of drug-likeness (QED) is 0.339. The zero-order valence-corrected chi connectivity index (χ0v) is 8.73. The Hall–Kier alpha value is -1.95.